The lowest BCUT2D eigenvalue weighted by atomic mass is 9.96. The molecule has 1 aliphatic rings. The molecule has 4 rings (SSSR count). The van der Waals surface area contributed by atoms with E-state index in [4.69, 9.17) is 19.3 Å². The van der Waals surface area contributed by atoms with Gasteiger partial charge in [-0.25, -0.2) is 9.48 Å². The van der Waals surface area contributed by atoms with Crippen LogP contribution in [0, 0.1) is 0 Å². The molecule has 34 heavy (non-hydrogen) atoms. The SMILES string of the molecule is COc1c(-c2ccc(C(C)CNC(=O)OC(C)(C)C)cc2)ccc2nn(C3CCCCO3)cc12. The molecular weight excluding hydrogens is 430 g/mol. The van der Waals surface area contributed by atoms with Crippen molar-refractivity contribution in [2.24, 2.45) is 0 Å². The van der Waals surface area contributed by atoms with Crippen LogP contribution < -0.4 is 10.1 Å². The molecule has 0 aliphatic carbocycles. The van der Waals surface area contributed by atoms with Crippen molar-refractivity contribution in [3.05, 3.63) is 48.2 Å². The molecule has 0 bridgehead atoms. The number of amides is 1. The second kappa shape index (κ2) is 10.1. The molecule has 7 nitrogen and oxygen atoms in total. The first-order chi connectivity index (χ1) is 16.2. The van der Waals surface area contributed by atoms with E-state index >= 15 is 0 Å². The number of nitrogens with one attached hydrogen (secondary N) is 1. The lowest BCUT2D eigenvalue weighted by Gasteiger charge is -2.22. The van der Waals surface area contributed by atoms with E-state index in [1.807, 2.05) is 37.7 Å². The first-order valence-electron chi connectivity index (χ1n) is 12.0. The average molecular weight is 466 g/mol. The maximum absolute atomic E-state index is 12.0. The number of aromatic nitrogens is 2. The van der Waals surface area contributed by atoms with Gasteiger partial charge in [-0.3, -0.25) is 0 Å². The van der Waals surface area contributed by atoms with Crippen LogP contribution in [-0.2, 0) is 9.47 Å². The Morgan fingerprint density at radius 2 is 1.97 bits per heavy atom. The van der Waals surface area contributed by atoms with Gasteiger partial charge in [-0.2, -0.15) is 5.10 Å². The molecule has 2 atom stereocenters. The zero-order chi connectivity index (χ0) is 24.3. The quantitative estimate of drug-likeness (QED) is 0.480. The summed E-state index contributed by atoms with van der Waals surface area (Å²) in [5, 5.41) is 8.57. The Labute approximate surface area is 201 Å². The number of fused-ring (bicyclic) bond motifs is 1. The van der Waals surface area contributed by atoms with E-state index in [0.717, 1.165) is 59.2 Å². The van der Waals surface area contributed by atoms with Crippen molar-refractivity contribution in [1.29, 1.82) is 0 Å². The van der Waals surface area contributed by atoms with Gasteiger partial charge in [0.15, 0.2) is 0 Å². The number of carbonyl (C=O) groups is 1. The van der Waals surface area contributed by atoms with Gasteiger partial charge in [-0.05, 0) is 69.2 Å². The van der Waals surface area contributed by atoms with Crippen LogP contribution in [0.2, 0.25) is 0 Å². The van der Waals surface area contributed by atoms with E-state index in [2.05, 4.69) is 42.6 Å². The van der Waals surface area contributed by atoms with Gasteiger partial charge in [0.1, 0.15) is 17.6 Å². The highest BCUT2D eigenvalue weighted by Crippen LogP contribution is 2.38. The maximum Gasteiger partial charge on any atom is 0.407 e. The minimum absolute atomic E-state index is 0.00985. The Kier molecular flexibility index (Phi) is 7.12. The predicted molar refractivity (Wildman–Crippen MR) is 133 cm³/mol. The number of hydrogen-bond acceptors (Lipinski definition) is 5. The molecule has 0 spiro atoms. The summed E-state index contributed by atoms with van der Waals surface area (Å²) in [5.41, 5.74) is 3.62. The fourth-order valence-electron chi connectivity index (χ4n) is 4.27. The molecular formula is C27H35N3O4. The predicted octanol–water partition coefficient (Wildman–Crippen LogP) is 6.04. The van der Waals surface area contributed by atoms with Crippen LogP contribution in [0.25, 0.3) is 22.0 Å². The van der Waals surface area contributed by atoms with Crippen molar-refractivity contribution in [2.75, 3.05) is 20.3 Å². The highest BCUT2D eigenvalue weighted by atomic mass is 16.6. The van der Waals surface area contributed by atoms with E-state index in [9.17, 15) is 4.79 Å². The van der Waals surface area contributed by atoms with Crippen molar-refractivity contribution in [1.82, 2.24) is 15.1 Å². The molecule has 1 fully saturated rings. The Bertz CT molecular complexity index is 1130. The topological polar surface area (TPSA) is 74.6 Å². The molecule has 0 saturated carbocycles. The summed E-state index contributed by atoms with van der Waals surface area (Å²) in [5.74, 6) is 0.964. The molecule has 2 unspecified atom stereocenters. The third kappa shape index (κ3) is 5.53. The summed E-state index contributed by atoms with van der Waals surface area (Å²) < 4.78 is 19.0. The minimum Gasteiger partial charge on any atom is -0.495 e. The lowest BCUT2D eigenvalue weighted by Crippen LogP contribution is -2.34. The number of hydrogen-bond donors (Lipinski definition) is 1. The number of benzene rings is 2. The highest BCUT2D eigenvalue weighted by Gasteiger charge is 2.20. The normalized spacial score (nSPS) is 17.4. The summed E-state index contributed by atoms with van der Waals surface area (Å²) in [4.78, 5) is 12.0. The molecule has 2 aromatic carbocycles. The number of carbonyl (C=O) groups excluding carboxylic acids is 1. The largest absolute Gasteiger partial charge is 0.495 e. The first-order valence-corrected chi connectivity index (χ1v) is 12.0. The smallest absolute Gasteiger partial charge is 0.407 e. The number of ether oxygens (including phenoxy) is 3. The molecule has 3 aromatic rings. The zero-order valence-electron chi connectivity index (χ0n) is 20.8. The molecule has 7 heteroatoms. The molecule has 1 aromatic heterocycles. The number of alkyl carbamates (subject to hydrolysis) is 1. The van der Waals surface area contributed by atoms with E-state index in [-0.39, 0.29) is 12.1 Å². The van der Waals surface area contributed by atoms with Gasteiger partial charge in [-0.1, -0.05) is 31.2 Å². The van der Waals surface area contributed by atoms with E-state index < -0.39 is 11.7 Å². The fraction of sp³-hybridized carbons (Fsp3) is 0.481. The monoisotopic (exact) mass is 465 g/mol. The summed E-state index contributed by atoms with van der Waals surface area (Å²) in [6, 6.07) is 12.5. The second-order valence-electron chi connectivity index (χ2n) is 9.92. The van der Waals surface area contributed by atoms with Gasteiger partial charge in [0.05, 0.1) is 18.0 Å². The van der Waals surface area contributed by atoms with E-state index in [1.165, 1.54) is 0 Å². The van der Waals surface area contributed by atoms with Gasteiger partial charge in [-0.15, -0.1) is 0 Å². The van der Waals surface area contributed by atoms with Gasteiger partial charge < -0.3 is 19.5 Å². The third-order valence-corrected chi connectivity index (χ3v) is 6.05. The maximum atomic E-state index is 12.0. The van der Waals surface area contributed by atoms with Gasteiger partial charge in [0, 0.05) is 24.9 Å². The fourth-order valence-corrected chi connectivity index (χ4v) is 4.27. The van der Waals surface area contributed by atoms with Gasteiger partial charge in [0.2, 0.25) is 0 Å². The number of nitrogens with zero attached hydrogens (tertiary/aromatic N) is 2. The van der Waals surface area contributed by atoms with Crippen molar-refractivity contribution >= 4 is 17.0 Å². The Morgan fingerprint density at radius 3 is 2.62 bits per heavy atom. The number of rotatable bonds is 6. The van der Waals surface area contributed by atoms with Crippen molar-refractivity contribution in [3.63, 3.8) is 0 Å². The molecule has 1 saturated heterocycles. The zero-order valence-corrected chi connectivity index (χ0v) is 20.8. The molecule has 1 aliphatic heterocycles. The molecule has 1 N–H and O–H groups in total. The van der Waals surface area contributed by atoms with Gasteiger partial charge in [0.25, 0.3) is 0 Å². The molecule has 0 radical (unpaired) electrons. The van der Waals surface area contributed by atoms with Crippen molar-refractivity contribution < 1.29 is 19.0 Å². The van der Waals surface area contributed by atoms with Crippen molar-refractivity contribution in [2.45, 2.75) is 64.7 Å². The highest BCUT2D eigenvalue weighted by molar-refractivity contribution is 5.92. The number of methoxy groups -OCH3 is 1. The van der Waals surface area contributed by atoms with E-state index in [0.29, 0.717) is 6.54 Å². The molecule has 1 amide bonds. The first kappa shape index (κ1) is 24.1. The Balaban J connectivity index is 1.50. The Hall–Kier alpha value is -3.06. The van der Waals surface area contributed by atoms with Crippen LogP contribution in [-0.4, -0.2) is 41.7 Å². The van der Waals surface area contributed by atoms with Crippen LogP contribution >= 0.6 is 0 Å². The Morgan fingerprint density at radius 1 is 1.21 bits per heavy atom. The van der Waals surface area contributed by atoms with Crippen LogP contribution in [0.1, 0.15) is 64.7 Å². The minimum atomic E-state index is -0.505. The van der Waals surface area contributed by atoms with Crippen LogP contribution in [0.5, 0.6) is 5.75 Å². The van der Waals surface area contributed by atoms with Crippen LogP contribution in [0.15, 0.2) is 42.6 Å². The molecule has 182 valence electrons. The molecule has 2 heterocycles. The summed E-state index contributed by atoms with van der Waals surface area (Å²) in [7, 11) is 1.70. The third-order valence-electron chi connectivity index (χ3n) is 6.05. The van der Waals surface area contributed by atoms with Crippen LogP contribution in [0.3, 0.4) is 0 Å². The summed E-state index contributed by atoms with van der Waals surface area (Å²) in [6.45, 7) is 8.94. The second-order valence-corrected chi connectivity index (χ2v) is 9.92. The standard InChI is InChI=1S/C27H35N3O4/c1-18(16-28-26(31)34-27(2,3)4)19-9-11-20(12-10-19)21-13-14-23-22(25(21)32-5)17-30(29-23)24-8-6-7-15-33-24/h9-14,17-18,24H,6-8,15-16H2,1-5H3,(H,28,31). The van der Waals surface area contributed by atoms with Gasteiger partial charge >= 0.3 is 6.09 Å². The van der Waals surface area contributed by atoms with Crippen molar-refractivity contribution in [3.8, 4) is 16.9 Å². The average Bonchev–Trinajstić information content (AvgIpc) is 3.26. The van der Waals surface area contributed by atoms with Crippen LogP contribution in [0.4, 0.5) is 4.79 Å². The summed E-state index contributed by atoms with van der Waals surface area (Å²) in [6.07, 6.45) is 4.87. The van der Waals surface area contributed by atoms with E-state index in [1.54, 1.807) is 7.11 Å². The summed E-state index contributed by atoms with van der Waals surface area (Å²) >= 11 is 0. The lowest BCUT2D eigenvalue weighted by molar-refractivity contribution is -0.0390.